The van der Waals surface area contributed by atoms with Gasteiger partial charge in [0.25, 0.3) is 0 Å². The number of carbonyl (C=O) groups is 5. The molecule has 0 heterocycles. The van der Waals surface area contributed by atoms with Crippen molar-refractivity contribution in [2.45, 2.75) is 96.5 Å². The number of hydrogen-bond donors (Lipinski definition) is 9. The van der Waals surface area contributed by atoms with Crippen LogP contribution >= 0.6 is 0 Å². The number of nitrogens with one attached hydrogen (secondary N) is 4. The van der Waals surface area contributed by atoms with Crippen LogP contribution in [-0.2, 0) is 30.5 Å². The fourth-order valence-electron chi connectivity index (χ4n) is 4.92. The Hall–Kier alpha value is -3.77. The topological polar surface area (TPSA) is 253 Å². The first-order valence-corrected chi connectivity index (χ1v) is 16.6. The number of alkyl carbamates (subject to hydrolysis) is 1. The Balaban J connectivity index is 3.06. The Morgan fingerprint density at radius 1 is 0.796 bits per heavy atom. The van der Waals surface area contributed by atoms with E-state index in [1.807, 2.05) is 27.7 Å². The first kappa shape index (κ1) is 43.3. The average Bonchev–Trinajstić information content (AvgIpc) is 3.05. The van der Waals surface area contributed by atoms with Gasteiger partial charge in [-0.15, -0.1) is 0 Å². The highest BCUT2D eigenvalue weighted by Crippen LogP contribution is 2.11. The third kappa shape index (κ3) is 16.0. The van der Waals surface area contributed by atoms with E-state index in [2.05, 4.69) is 21.3 Å². The van der Waals surface area contributed by atoms with Crippen LogP contribution in [-0.4, -0.2) is 119 Å². The molecule has 49 heavy (non-hydrogen) atoms. The molecule has 1 aromatic carbocycles. The Labute approximate surface area is 288 Å². The molecule has 5 amide bonds. The van der Waals surface area contributed by atoms with Crippen molar-refractivity contribution in [3.63, 3.8) is 0 Å². The van der Waals surface area contributed by atoms with Crippen LogP contribution in [0.2, 0.25) is 0 Å². The van der Waals surface area contributed by atoms with Gasteiger partial charge in [-0.3, -0.25) is 19.2 Å². The van der Waals surface area contributed by atoms with Gasteiger partial charge in [-0.05, 0) is 56.0 Å². The van der Waals surface area contributed by atoms with Crippen LogP contribution in [0.25, 0.3) is 0 Å². The zero-order chi connectivity index (χ0) is 37.1. The third-order valence-electron chi connectivity index (χ3n) is 7.61. The fourth-order valence-corrected chi connectivity index (χ4v) is 4.92. The summed E-state index contributed by atoms with van der Waals surface area (Å²) < 4.78 is 5.10. The summed E-state index contributed by atoms with van der Waals surface area (Å²) in [7, 11) is -0.626. The Bertz CT molecular complexity index is 1180. The molecule has 0 aliphatic heterocycles. The molecule has 1 aromatic rings. The molecule has 0 saturated heterocycles. The smallest absolute Gasteiger partial charge is 0.445 e. The summed E-state index contributed by atoms with van der Waals surface area (Å²) in [6.45, 7) is 5.93. The second-order valence-corrected chi connectivity index (χ2v) is 12.8. The van der Waals surface area contributed by atoms with Crippen molar-refractivity contribution >= 4 is 36.8 Å². The van der Waals surface area contributed by atoms with Gasteiger partial charge >= 0.3 is 13.2 Å². The molecule has 0 radical (unpaired) electrons. The molecule has 17 heteroatoms. The SMILES string of the molecule is CC(C)C[C@H](NC(=O)[C@H](CC(C)C)NC(=O)[C@H](CCCCN)NC(=O)[C@H](CO)N(C)C(=O)[C@H](CO)NC(=O)OCc1ccccc1)B(O)O. The summed E-state index contributed by atoms with van der Waals surface area (Å²) >= 11 is 0. The molecule has 1 rings (SSSR count). The first-order chi connectivity index (χ1) is 23.1. The summed E-state index contributed by atoms with van der Waals surface area (Å²) in [5, 5.41) is 49.6. The fraction of sp³-hybridized carbons (Fsp3) is 0.656. The molecule has 276 valence electrons. The molecular formula is C32H55BN6O10. The van der Waals surface area contributed by atoms with E-state index in [9.17, 15) is 44.2 Å². The number of nitrogens with two attached hydrogens (primary N) is 1. The van der Waals surface area contributed by atoms with Crippen LogP contribution in [0.15, 0.2) is 30.3 Å². The minimum Gasteiger partial charge on any atom is -0.445 e. The van der Waals surface area contributed by atoms with E-state index in [0.717, 1.165) is 4.90 Å². The van der Waals surface area contributed by atoms with Crippen molar-refractivity contribution in [1.82, 2.24) is 26.2 Å². The third-order valence-corrected chi connectivity index (χ3v) is 7.61. The molecule has 16 nitrogen and oxygen atoms in total. The van der Waals surface area contributed by atoms with Crippen molar-refractivity contribution in [3.05, 3.63) is 35.9 Å². The summed E-state index contributed by atoms with van der Waals surface area (Å²) in [5.41, 5.74) is 6.32. The van der Waals surface area contributed by atoms with E-state index in [4.69, 9.17) is 10.5 Å². The van der Waals surface area contributed by atoms with Gasteiger partial charge < -0.3 is 56.9 Å². The van der Waals surface area contributed by atoms with Crippen molar-refractivity contribution < 1.29 is 49.0 Å². The lowest BCUT2D eigenvalue weighted by Crippen LogP contribution is -2.60. The minimum absolute atomic E-state index is 0.0359. The highest BCUT2D eigenvalue weighted by Gasteiger charge is 2.35. The quantitative estimate of drug-likeness (QED) is 0.0514. The first-order valence-electron chi connectivity index (χ1n) is 16.6. The summed E-state index contributed by atoms with van der Waals surface area (Å²) in [6.07, 6.45) is 0.544. The van der Waals surface area contributed by atoms with Gasteiger partial charge in [-0.2, -0.15) is 0 Å². The molecule has 10 N–H and O–H groups in total. The Morgan fingerprint density at radius 3 is 1.92 bits per heavy atom. The van der Waals surface area contributed by atoms with Crippen molar-refractivity contribution in [3.8, 4) is 0 Å². The number of carbonyl (C=O) groups excluding carboxylic acids is 5. The summed E-state index contributed by atoms with van der Waals surface area (Å²) in [5.74, 6) is -4.14. The summed E-state index contributed by atoms with van der Waals surface area (Å²) in [4.78, 5) is 66.5. The number of nitrogens with zero attached hydrogens (tertiary/aromatic N) is 1. The molecule has 0 bridgehead atoms. The number of aliphatic hydroxyl groups excluding tert-OH is 2. The zero-order valence-corrected chi connectivity index (χ0v) is 29.1. The maximum atomic E-state index is 13.5. The molecule has 5 atom stereocenters. The van der Waals surface area contributed by atoms with Crippen LogP contribution in [0.5, 0.6) is 0 Å². The second-order valence-electron chi connectivity index (χ2n) is 12.8. The molecule has 0 aliphatic carbocycles. The van der Waals surface area contributed by atoms with Crippen molar-refractivity contribution in [1.29, 1.82) is 0 Å². The monoisotopic (exact) mass is 694 g/mol. The number of benzene rings is 1. The number of ether oxygens (including phenoxy) is 1. The molecule has 0 unspecified atom stereocenters. The van der Waals surface area contributed by atoms with Gasteiger partial charge in [0, 0.05) is 7.05 Å². The van der Waals surface area contributed by atoms with Gasteiger partial charge in [-0.1, -0.05) is 58.0 Å². The standard InChI is InChI=1S/C32H55BN6O10/c1-20(2)15-24(29(43)38-27(33(47)48)16-21(3)4)36-28(42)23(13-9-10-14-34)35-30(44)26(18-41)39(5)31(45)25(17-40)37-32(46)49-19-22-11-7-6-8-12-22/h6-8,11-12,20-21,23-27,40-41,47-48H,9-10,13-19,34H2,1-5H3,(H,35,44)(H,36,42)(H,37,46)(H,38,43)/t23-,24-,25-,26-,27-/m0/s1. The van der Waals surface area contributed by atoms with E-state index < -0.39 is 80.2 Å². The van der Waals surface area contributed by atoms with Gasteiger partial charge in [0.15, 0.2) is 0 Å². The number of rotatable bonds is 22. The zero-order valence-electron chi connectivity index (χ0n) is 29.1. The molecule has 0 spiro atoms. The van der Waals surface area contributed by atoms with Crippen LogP contribution in [0.3, 0.4) is 0 Å². The van der Waals surface area contributed by atoms with E-state index in [1.54, 1.807) is 30.3 Å². The molecule has 0 aromatic heterocycles. The van der Waals surface area contributed by atoms with Crippen molar-refractivity contribution in [2.75, 3.05) is 26.8 Å². The van der Waals surface area contributed by atoms with E-state index in [1.165, 1.54) is 7.05 Å². The predicted octanol–water partition coefficient (Wildman–Crippen LogP) is -1.22. The normalized spacial score (nSPS) is 14.2. The Kier molecular flexibility index (Phi) is 20.1. The second kappa shape index (κ2) is 22.8. The molecule has 0 fully saturated rings. The van der Waals surface area contributed by atoms with E-state index in [-0.39, 0.29) is 37.7 Å². The van der Waals surface area contributed by atoms with Crippen molar-refractivity contribution in [2.24, 2.45) is 17.6 Å². The minimum atomic E-state index is -1.82. The van der Waals surface area contributed by atoms with Crippen LogP contribution < -0.4 is 27.0 Å². The lowest BCUT2D eigenvalue weighted by Gasteiger charge is -2.31. The van der Waals surface area contributed by atoms with Crippen LogP contribution in [0.4, 0.5) is 4.79 Å². The highest BCUT2D eigenvalue weighted by molar-refractivity contribution is 6.43. The van der Waals surface area contributed by atoms with Crippen LogP contribution in [0, 0.1) is 11.8 Å². The summed E-state index contributed by atoms with van der Waals surface area (Å²) in [6, 6.07) is 3.46. The highest BCUT2D eigenvalue weighted by atomic mass is 16.5. The average molecular weight is 695 g/mol. The number of amides is 5. The van der Waals surface area contributed by atoms with Gasteiger partial charge in [0.2, 0.25) is 23.6 Å². The van der Waals surface area contributed by atoms with Gasteiger partial charge in [0.05, 0.1) is 19.2 Å². The molecular weight excluding hydrogens is 639 g/mol. The maximum Gasteiger partial charge on any atom is 0.475 e. The van der Waals surface area contributed by atoms with E-state index in [0.29, 0.717) is 24.9 Å². The lowest BCUT2D eigenvalue weighted by atomic mass is 9.75. The number of unbranched alkanes of at least 4 members (excludes halogenated alkanes) is 1. The van der Waals surface area contributed by atoms with Crippen LogP contribution in [0.1, 0.15) is 65.4 Å². The molecule has 0 saturated carbocycles. The lowest BCUT2D eigenvalue weighted by molar-refractivity contribution is -0.143. The largest absolute Gasteiger partial charge is 0.475 e. The number of hydrogen-bond acceptors (Lipinski definition) is 11. The maximum absolute atomic E-state index is 13.5. The molecule has 0 aliphatic rings. The van der Waals surface area contributed by atoms with Gasteiger partial charge in [0.1, 0.15) is 30.8 Å². The Morgan fingerprint density at radius 2 is 1.39 bits per heavy atom. The number of aliphatic hydroxyl groups is 2. The van der Waals surface area contributed by atoms with Gasteiger partial charge in [-0.25, -0.2) is 4.79 Å². The predicted molar refractivity (Wildman–Crippen MR) is 182 cm³/mol. The van der Waals surface area contributed by atoms with E-state index >= 15 is 0 Å². The number of likely N-dealkylation sites (N-methyl/N-ethyl adjacent to an activating group) is 1.